The van der Waals surface area contributed by atoms with Crippen LogP contribution in [0.1, 0.15) is 26.3 Å². The monoisotopic (exact) mass is 217 g/mol. The lowest BCUT2D eigenvalue weighted by molar-refractivity contribution is -0.112. The van der Waals surface area contributed by atoms with E-state index < -0.39 is 5.91 Å². The number of hydrogen-bond acceptors (Lipinski definition) is 2. The number of rotatable bonds is 1. The highest BCUT2D eigenvalue weighted by atomic mass is 16.5. The number of carbonyl (C=O) groups excluding carboxylic acids is 1. The molecular weight excluding hydrogens is 202 g/mol. The van der Waals surface area contributed by atoms with E-state index in [-0.39, 0.29) is 5.60 Å². The lowest BCUT2D eigenvalue weighted by Gasteiger charge is -2.21. The minimum absolute atomic E-state index is 0.222. The van der Waals surface area contributed by atoms with Crippen molar-refractivity contribution in [3.63, 3.8) is 0 Å². The maximum absolute atomic E-state index is 10.5. The molecule has 0 spiro atoms. The third-order valence-electron chi connectivity index (χ3n) is 1.61. The highest BCUT2D eigenvalue weighted by Gasteiger charge is 2.10. The van der Waals surface area contributed by atoms with Crippen molar-refractivity contribution in [1.29, 1.82) is 0 Å². The first-order valence-corrected chi connectivity index (χ1v) is 4.97. The van der Waals surface area contributed by atoms with Gasteiger partial charge in [-0.05, 0) is 51.0 Å². The van der Waals surface area contributed by atoms with E-state index in [2.05, 4.69) is 11.8 Å². The zero-order valence-corrected chi connectivity index (χ0v) is 9.70. The second-order valence-corrected chi connectivity index (χ2v) is 4.35. The van der Waals surface area contributed by atoms with Gasteiger partial charge in [-0.15, -0.1) is 0 Å². The zero-order chi connectivity index (χ0) is 12.2. The van der Waals surface area contributed by atoms with Gasteiger partial charge in [-0.2, -0.15) is 0 Å². The van der Waals surface area contributed by atoms with Gasteiger partial charge < -0.3 is 10.5 Å². The van der Waals surface area contributed by atoms with Crippen molar-refractivity contribution < 1.29 is 9.53 Å². The summed E-state index contributed by atoms with van der Waals surface area (Å²) in [5, 5.41) is 0. The highest BCUT2D eigenvalue weighted by molar-refractivity contribution is 5.92. The molecule has 1 aromatic rings. The van der Waals surface area contributed by atoms with Gasteiger partial charge in [0.15, 0.2) is 0 Å². The number of primary amides is 1. The van der Waals surface area contributed by atoms with E-state index in [1.807, 2.05) is 32.9 Å². The summed E-state index contributed by atoms with van der Waals surface area (Å²) in [6, 6.07) is 7.21. The molecule has 2 N–H and O–H groups in total. The van der Waals surface area contributed by atoms with Crippen molar-refractivity contribution in [3.8, 4) is 17.6 Å². The van der Waals surface area contributed by atoms with Crippen LogP contribution in [0.15, 0.2) is 24.3 Å². The van der Waals surface area contributed by atoms with E-state index in [0.29, 0.717) is 0 Å². The second kappa shape index (κ2) is 4.71. The number of benzene rings is 1. The van der Waals surface area contributed by atoms with Crippen LogP contribution in [-0.4, -0.2) is 11.5 Å². The van der Waals surface area contributed by atoms with Gasteiger partial charge in [0, 0.05) is 5.56 Å². The number of carbonyl (C=O) groups is 1. The van der Waals surface area contributed by atoms with Crippen LogP contribution in [0.5, 0.6) is 5.75 Å². The number of nitrogens with two attached hydrogens (primary N) is 1. The molecule has 3 nitrogen and oxygen atoms in total. The Balaban J connectivity index is 2.77. The summed E-state index contributed by atoms with van der Waals surface area (Å²) < 4.78 is 5.64. The SMILES string of the molecule is CC(C)(C)Oc1ccc(C#CC(N)=O)cc1. The standard InChI is InChI=1S/C13H15NO2/c1-13(2,3)16-11-7-4-10(5-8-11)6-9-12(14)15/h4-5,7-8H,1-3H3,(H2,14,15). The smallest absolute Gasteiger partial charge is 0.293 e. The van der Waals surface area contributed by atoms with Crippen molar-refractivity contribution in [1.82, 2.24) is 0 Å². The van der Waals surface area contributed by atoms with Crippen molar-refractivity contribution in [2.24, 2.45) is 5.73 Å². The third kappa shape index (κ3) is 4.52. The molecule has 0 atom stereocenters. The Hall–Kier alpha value is -1.95. The molecule has 0 aliphatic carbocycles. The quantitative estimate of drug-likeness (QED) is 0.728. The first-order chi connectivity index (χ1) is 7.37. The molecule has 1 amide bonds. The summed E-state index contributed by atoms with van der Waals surface area (Å²) in [6.45, 7) is 5.94. The molecule has 0 fully saturated rings. The first-order valence-electron chi connectivity index (χ1n) is 4.97. The lowest BCUT2D eigenvalue weighted by Crippen LogP contribution is -2.22. The van der Waals surface area contributed by atoms with Gasteiger partial charge in [0.25, 0.3) is 5.91 Å². The van der Waals surface area contributed by atoms with Crippen LogP contribution in [0, 0.1) is 11.8 Å². The fraction of sp³-hybridized carbons (Fsp3) is 0.308. The molecule has 0 bridgehead atoms. The average Bonchev–Trinajstić information content (AvgIpc) is 2.14. The molecule has 84 valence electrons. The molecule has 0 unspecified atom stereocenters. The Morgan fingerprint density at radius 1 is 1.25 bits per heavy atom. The maximum Gasteiger partial charge on any atom is 0.293 e. The summed E-state index contributed by atoms with van der Waals surface area (Å²) in [5.41, 5.74) is 5.43. The Labute approximate surface area is 95.6 Å². The summed E-state index contributed by atoms with van der Waals surface area (Å²) >= 11 is 0. The van der Waals surface area contributed by atoms with Gasteiger partial charge in [0.1, 0.15) is 11.4 Å². The molecule has 0 aromatic heterocycles. The van der Waals surface area contributed by atoms with Crippen LogP contribution in [-0.2, 0) is 4.79 Å². The van der Waals surface area contributed by atoms with Gasteiger partial charge in [-0.25, -0.2) is 0 Å². The van der Waals surface area contributed by atoms with Crippen LogP contribution >= 0.6 is 0 Å². The van der Waals surface area contributed by atoms with E-state index >= 15 is 0 Å². The van der Waals surface area contributed by atoms with Crippen LogP contribution in [0.4, 0.5) is 0 Å². The fourth-order valence-corrected chi connectivity index (χ4v) is 1.09. The molecular formula is C13H15NO2. The van der Waals surface area contributed by atoms with Crippen molar-refractivity contribution in [2.45, 2.75) is 26.4 Å². The number of ether oxygens (including phenoxy) is 1. The van der Waals surface area contributed by atoms with Gasteiger partial charge in [-0.3, -0.25) is 4.79 Å². The van der Waals surface area contributed by atoms with Gasteiger partial charge in [0.2, 0.25) is 0 Å². The minimum atomic E-state index is -0.630. The van der Waals surface area contributed by atoms with Crippen LogP contribution < -0.4 is 10.5 Å². The Kier molecular flexibility index (Phi) is 3.57. The van der Waals surface area contributed by atoms with Crippen molar-refractivity contribution in [3.05, 3.63) is 29.8 Å². The zero-order valence-electron chi connectivity index (χ0n) is 9.70. The topological polar surface area (TPSA) is 52.3 Å². The third-order valence-corrected chi connectivity index (χ3v) is 1.61. The first kappa shape index (κ1) is 12.1. The normalized spacial score (nSPS) is 10.2. The number of amides is 1. The van der Waals surface area contributed by atoms with E-state index in [1.165, 1.54) is 0 Å². The van der Waals surface area contributed by atoms with Crippen LogP contribution in [0.25, 0.3) is 0 Å². The largest absolute Gasteiger partial charge is 0.488 e. The Morgan fingerprint density at radius 2 is 1.81 bits per heavy atom. The molecule has 0 radical (unpaired) electrons. The van der Waals surface area contributed by atoms with Crippen LogP contribution in [0.2, 0.25) is 0 Å². The summed E-state index contributed by atoms with van der Waals surface area (Å²) in [4.78, 5) is 10.5. The van der Waals surface area contributed by atoms with Crippen LogP contribution in [0.3, 0.4) is 0 Å². The molecule has 0 heterocycles. The lowest BCUT2D eigenvalue weighted by atomic mass is 10.2. The van der Waals surface area contributed by atoms with Gasteiger partial charge >= 0.3 is 0 Å². The summed E-state index contributed by atoms with van der Waals surface area (Å²) in [7, 11) is 0. The fourth-order valence-electron chi connectivity index (χ4n) is 1.09. The maximum atomic E-state index is 10.5. The van der Waals surface area contributed by atoms with Crippen molar-refractivity contribution >= 4 is 5.91 Å². The molecule has 1 aromatic carbocycles. The second-order valence-electron chi connectivity index (χ2n) is 4.35. The van der Waals surface area contributed by atoms with E-state index in [9.17, 15) is 4.79 Å². The van der Waals surface area contributed by atoms with E-state index in [1.54, 1.807) is 12.1 Å². The van der Waals surface area contributed by atoms with Gasteiger partial charge in [0.05, 0.1) is 0 Å². The molecule has 1 rings (SSSR count). The predicted octanol–water partition coefficient (Wildman–Crippen LogP) is 1.70. The number of hydrogen-bond donors (Lipinski definition) is 1. The highest BCUT2D eigenvalue weighted by Crippen LogP contribution is 2.17. The molecule has 0 saturated carbocycles. The average molecular weight is 217 g/mol. The Bertz CT molecular complexity index is 430. The summed E-state index contributed by atoms with van der Waals surface area (Å²) in [5.74, 6) is 5.08. The molecule has 0 aliphatic heterocycles. The summed E-state index contributed by atoms with van der Waals surface area (Å²) in [6.07, 6.45) is 0. The molecule has 0 aliphatic rings. The van der Waals surface area contributed by atoms with E-state index in [4.69, 9.17) is 10.5 Å². The van der Waals surface area contributed by atoms with Crippen molar-refractivity contribution in [2.75, 3.05) is 0 Å². The van der Waals surface area contributed by atoms with Gasteiger partial charge in [-0.1, -0.05) is 5.92 Å². The Morgan fingerprint density at radius 3 is 2.25 bits per heavy atom. The minimum Gasteiger partial charge on any atom is -0.488 e. The van der Waals surface area contributed by atoms with E-state index in [0.717, 1.165) is 11.3 Å². The molecule has 3 heteroatoms. The predicted molar refractivity (Wildman–Crippen MR) is 62.9 cm³/mol. The molecule has 0 saturated heterocycles. The molecule has 16 heavy (non-hydrogen) atoms.